The molecule has 0 bridgehead atoms. The van der Waals surface area contributed by atoms with Crippen LogP contribution in [0.1, 0.15) is 16.8 Å². The lowest BCUT2D eigenvalue weighted by molar-refractivity contribution is 0.0692. The summed E-state index contributed by atoms with van der Waals surface area (Å²) >= 11 is 0. The summed E-state index contributed by atoms with van der Waals surface area (Å²) in [6, 6.07) is 5.63. The van der Waals surface area contributed by atoms with Gasteiger partial charge in [0, 0.05) is 26.7 Å². The minimum atomic E-state index is -3.83. The van der Waals surface area contributed by atoms with Gasteiger partial charge in [-0.15, -0.1) is 0 Å². The number of nitrogens with zero attached hydrogens (tertiary/aromatic N) is 1. The standard InChI is InChI=1S/C15H22N2O5S/c1-22-9-8-17-7-6-12(11-17)10-16-23(20,21)14-5-3-2-4-13(14)15(18)19/h2-5,12,16H,6-11H2,1H3,(H,18,19). The van der Waals surface area contributed by atoms with Crippen LogP contribution in [-0.4, -0.2) is 64.3 Å². The fraction of sp³-hybridized carbons (Fsp3) is 0.533. The predicted molar refractivity (Wildman–Crippen MR) is 85.0 cm³/mol. The molecule has 1 aliphatic rings. The summed E-state index contributed by atoms with van der Waals surface area (Å²) in [5.41, 5.74) is -0.215. The fourth-order valence-corrected chi connectivity index (χ4v) is 4.00. The molecule has 1 aliphatic heterocycles. The molecule has 1 unspecified atom stereocenters. The molecule has 1 aromatic carbocycles. The molecule has 23 heavy (non-hydrogen) atoms. The number of carboxylic acid groups (broad SMARTS) is 1. The molecule has 0 aliphatic carbocycles. The molecule has 2 N–H and O–H groups in total. The Hall–Kier alpha value is -1.48. The summed E-state index contributed by atoms with van der Waals surface area (Å²) in [7, 11) is -2.18. The van der Waals surface area contributed by atoms with Crippen LogP contribution in [-0.2, 0) is 14.8 Å². The van der Waals surface area contributed by atoms with Crippen molar-refractivity contribution in [2.75, 3.05) is 39.9 Å². The van der Waals surface area contributed by atoms with Crippen LogP contribution in [0.25, 0.3) is 0 Å². The van der Waals surface area contributed by atoms with E-state index in [9.17, 15) is 13.2 Å². The van der Waals surface area contributed by atoms with Crippen LogP contribution in [0.4, 0.5) is 0 Å². The van der Waals surface area contributed by atoms with Crippen molar-refractivity contribution >= 4 is 16.0 Å². The first-order valence-electron chi connectivity index (χ1n) is 7.47. The van der Waals surface area contributed by atoms with Crippen molar-refractivity contribution in [2.24, 2.45) is 5.92 Å². The number of methoxy groups -OCH3 is 1. The number of ether oxygens (including phenoxy) is 1. The van der Waals surface area contributed by atoms with Gasteiger partial charge in [0.05, 0.1) is 17.1 Å². The van der Waals surface area contributed by atoms with E-state index in [4.69, 9.17) is 9.84 Å². The molecule has 2 rings (SSSR count). The SMILES string of the molecule is COCCN1CCC(CNS(=O)(=O)c2ccccc2C(=O)O)C1. The first kappa shape index (κ1) is 17.9. The maximum Gasteiger partial charge on any atom is 0.337 e. The van der Waals surface area contributed by atoms with Crippen LogP contribution in [0.3, 0.4) is 0 Å². The number of aromatic carboxylic acids is 1. The van der Waals surface area contributed by atoms with Crippen molar-refractivity contribution < 1.29 is 23.1 Å². The van der Waals surface area contributed by atoms with Gasteiger partial charge >= 0.3 is 5.97 Å². The van der Waals surface area contributed by atoms with Gasteiger partial charge in [0.15, 0.2) is 0 Å². The van der Waals surface area contributed by atoms with E-state index in [-0.39, 0.29) is 16.4 Å². The number of hydrogen-bond acceptors (Lipinski definition) is 5. The third-order valence-electron chi connectivity index (χ3n) is 3.95. The Morgan fingerprint density at radius 3 is 2.87 bits per heavy atom. The van der Waals surface area contributed by atoms with Gasteiger partial charge in [0.1, 0.15) is 0 Å². The van der Waals surface area contributed by atoms with E-state index in [1.807, 2.05) is 0 Å². The van der Waals surface area contributed by atoms with Crippen molar-refractivity contribution in [3.05, 3.63) is 29.8 Å². The number of hydrogen-bond donors (Lipinski definition) is 2. The number of benzene rings is 1. The lowest BCUT2D eigenvalue weighted by atomic mass is 10.1. The summed E-state index contributed by atoms with van der Waals surface area (Å²) in [5.74, 6) is -1.03. The van der Waals surface area contributed by atoms with Crippen LogP contribution >= 0.6 is 0 Å². The van der Waals surface area contributed by atoms with Crippen LogP contribution in [0.15, 0.2) is 29.2 Å². The summed E-state index contributed by atoms with van der Waals surface area (Å²) < 4.78 is 32.3. The van der Waals surface area contributed by atoms with Crippen LogP contribution < -0.4 is 4.72 Å². The molecule has 8 heteroatoms. The van der Waals surface area contributed by atoms with Gasteiger partial charge < -0.3 is 14.7 Å². The average molecular weight is 342 g/mol. The molecule has 0 saturated carbocycles. The van der Waals surface area contributed by atoms with Crippen molar-refractivity contribution in [2.45, 2.75) is 11.3 Å². The average Bonchev–Trinajstić information content (AvgIpc) is 2.99. The highest BCUT2D eigenvalue weighted by atomic mass is 32.2. The van der Waals surface area contributed by atoms with E-state index in [1.54, 1.807) is 7.11 Å². The highest BCUT2D eigenvalue weighted by Gasteiger charge is 2.26. The molecule has 1 heterocycles. The first-order chi connectivity index (χ1) is 10.9. The maximum atomic E-state index is 12.4. The first-order valence-corrected chi connectivity index (χ1v) is 8.95. The number of sulfonamides is 1. The molecule has 7 nitrogen and oxygen atoms in total. The van der Waals surface area contributed by atoms with Crippen molar-refractivity contribution in [1.82, 2.24) is 9.62 Å². The van der Waals surface area contributed by atoms with Crippen molar-refractivity contribution in [1.29, 1.82) is 0 Å². The van der Waals surface area contributed by atoms with Gasteiger partial charge in [-0.2, -0.15) is 0 Å². The normalized spacial score (nSPS) is 19.1. The highest BCUT2D eigenvalue weighted by molar-refractivity contribution is 7.89. The molecule has 1 aromatic rings. The topological polar surface area (TPSA) is 95.9 Å². The van der Waals surface area contributed by atoms with Crippen LogP contribution in [0.2, 0.25) is 0 Å². The maximum absolute atomic E-state index is 12.4. The number of likely N-dealkylation sites (tertiary alicyclic amines) is 1. The highest BCUT2D eigenvalue weighted by Crippen LogP contribution is 2.18. The van der Waals surface area contributed by atoms with E-state index in [0.717, 1.165) is 26.1 Å². The fourth-order valence-electron chi connectivity index (χ4n) is 2.69. The van der Waals surface area contributed by atoms with Crippen LogP contribution in [0, 0.1) is 5.92 Å². The molecule has 0 amide bonds. The second-order valence-electron chi connectivity index (χ2n) is 5.60. The van der Waals surface area contributed by atoms with E-state index < -0.39 is 16.0 Å². The second-order valence-corrected chi connectivity index (χ2v) is 7.34. The molecule has 0 radical (unpaired) electrons. The molecule has 1 atom stereocenters. The number of carbonyl (C=O) groups is 1. The summed E-state index contributed by atoms with van der Waals surface area (Å²) in [6.07, 6.45) is 0.910. The largest absolute Gasteiger partial charge is 0.478 e. The Labute approximate surface area is 136 Å². The summed E-state index contributed by atoms with van der Waals surface area (Å²) in [6.45, 7) is 3.53. The molecule has 0 spiro atoms. The van der Waals surface area contributed by atoms with E-state index in [1.165, 1.54) is 24.3 Å². The zero-order chi connectivity index (χ0) is 16.9. The lowest BCUT2D eigenvalue weighted by Crippen LogP contribution is -2.32. The third kappa shape index (κ3) is 4.74. The minimum Gasteiger partial charge on any atom is -0.478 e. The molecular formula is C15H22N2O5S. The smallest absolute Gasteiger partial charge is 0.337 e. The third-order valence-corrected chi connectivity index (χ3v) is 5.43. The van der Waals surface area contributed by atoms with Gasteiger partial charge in [0.25, 0.3) is 0 Å². The number of rotatable bonds is 8. The lowest BCUT2D eigenvalue weighted by Gasteiger charge is -2.16. The van der Waals surface area contributed by atoms with E-state index in [2.05, 4.69) is 9.62 Å². The zero-order valence-electron chi connectivity index (χ0n) is 13.1. The Morgan fingerprint density at radius 1 is 1.43 bits per heavy atom. The molecule has 0 aromatic heterocycles. The summed E-state index contributed by atoms with van der Waals surface area (Å²) in [5, 5.41) is 9.12. The molecular weight excluding hydrogens is 320 g/mol. The predicted octanol–water partition coefficient (Wildman–Crippen LogP) is 0.631. The monoisotopic (exact) mass is 342 g/mol. The van der Waals surface area contributed by atoms with Crippen molar-refractivity contribution in [3.8, 4) is 0 Å². The molecule has 128 valence electrons. The van der Waals surface area contributed by atoms with Gasteiger partial charge in [-0.05, 0) is 31.0 Å². The van der Waals surface area contributed by atoms with Gasteiger partial charge in [0.2, 0.25) is 10.0 Å². The number of carboxylic acids is 1. The Morgan fingerprint density at radius 2 is 2.17 bits per heavy atom. The summed E-state index contributed by atoms with van der Waals surface area (Å²) in [4.78, 5) is 13.2. The van der Waals surface area contributed by atoms with Gasteiger partial charge in [-0.1, -0.05) is 12.1 Å². The second kappa shape index (κ2) is 7.87. The molecule has 1 saturated heterocycles. The Kier molecular flexibility index (Phi) is 6.11. The molecule has 1 fully saturated rings. The van der Waals surface area contributed by atoms with E-state index in [0.29, 0.717) is 13.2 Å². The minimum absolute atomic E-state index is 0.193. The quantitative estimate of drug-likeness (QED) is 0.719. The van der Waals surface area contributed by atoms with Crippen molar-refractivity contribution in [3.63, 3.8) is 0 Å². The van der Waals surface area contributed by atoms with Gasteiger partial charge in [-0.3, -0.25) is 0 Å². The van der Waals surface area contributed by atoms with E-state index >= 15 is 0 Å². The van der Waals surface area contributed by atoms with Crippen LogP contribution in [0.5, 0.6) is 0 Å². The Balaban J connectivity index is 1.97. The Bertz CT molecular complexity index is 647. The zero-order valence-corrected chi connectivity index (χ0v) is 13.9. The number of nitrogens with one attached hydrogen (secondary N) is 1. The van der Waals surface area contributed by atoms with Gasteiger partial charge in [-0.25, -0.2) is 17.9 Å².